The highest BCUT2D eigenvalue weighted by Gasteiger charge is 2.24. The molecule has 0 saturated carbocycles. The molecule has 0 saturated heterocycles. The van der Waals surface area contributed by atoms with Crippen molar-refractivity contribution in [3.8, 4) is 0 Å². The van der Waals surface area contributed by atoms with E-state index in [4.69, 9.17) is 14.9 Å². The third-order valence-corrected chi connectivity index (χ3v) is 2.66. The molecule has 0 rings (SSSR count). The van der Waals surface area contributed by atoms with E-state index in [2.05, 4.69) is 0 Å². The fourth-order valence-corrected chi connectivity index (χ4v) is 1.86. The molecular weight excluding hydrogens is 302 g/mol. The molecule has 0 spiro atoms. The summed E-state index contributed by atoms with van der Waals surface area (Å²) >= 11 is 0. The summed E-state index contributed by atoms with van der Waals surface area (Å²) in [4.78, 5) is 32.8. The summed E-state index contributed by atoms with van der Waals surface area (Å²) in [6.07, 6.45) is 6.39. The van der Waals surface area contributed by atoms with E-state index in [9.17, 15) is 14.4 Å². The van der Waals surface area contributed by atoms with Crippen molar-refractivity contribution in [2.24, 2.45) is 0 Å². The van der Waals surface area contributed by atoms with Gasteiger partial charge in [0.25, 0.3) is 0 Å². The number of nitrogens with zero attached hydrogens (tertiary/aromatic N) is 1. The van der Waals surface area contributed by atoms with Crippen molar-refractivity contribution in [1.29, 1.82) is 0 Å². The third kappa shape index (κ3) is 14.5. The minimum atomic E-state index is -1.00. The molecule has 130 valence electrons. The lowest BCUT2D eigenvalue weighted by molar-refractivity contribution is -0.873. The summed E-state index contributed by atoms with van der Waals surface area (Å²) < 4.78 is 5.72. The van der Waals surface area contributed by atoms with Gasteiger partial charge in [0.2, 0.25) is 0 Å². The fourth-order valence-electron chi connectivity index (χ4n) is 1.86. The van der Waals surface area contributed by atoms with E-state index in [0.717, 1.165) is 6.08 Å². The number of quaternary nitrogens is 1. The van der Waals surface area contributed by atoms with Gasteiger partial charge >= 0.3 is 17.9 Å². The smallest absolute Gasteiger partial charge is 0.327 e. The van der Waals surface area contributed by atoms with Gasteiger partial charge in [-0.3, -0.25) is 9.59 Å². The van der Waals surface area contributed by atoms with Gasteiger partial charge in [0.05, 0.1) is 34.0 Å². The fraction of sp³-hybridized carbons (Fsp3) is 0.562. The first kappa shape index (κ1) is 20.9. The lowest BCUT2D eigenvalue weighted by atomic mass is 10.2. The third-order valence-electron chi connectivity index (χ3n) is 2.66. The number of rotatable bonds is 11. The van der Waals surface area contributed by atoms with Gasteiger partial charge in [0, 0.05) is 6.08 Å². The first-order valence-corrected chi connectivity index (χ1v) is 7.36. The molecule has 0 aliphatic rings. The number of ether oxygens (including phenoxy) is 1. The van der Waals surface area contributed by atoms with Crippen molar-refractivity contribution in [3.63, 3.8) is 0 Å². The molecule has 0 fully saturated rings. The molecule has 7 nitrogen and oxygen atoms in total. The van der Waals surface area contributed by atoms with Gasteiger partial charge in [0.15, 0.2) is 6.10 Å². The van der Waals surface area contributed by atoms with Crippen LogP contribution in [0.5, 0.6) is 0 Å². The van der Waals surface area contributed by atoms with Gasteiger partial charge in [-0.1, -0.05) is 18.2 Å². The van der Waals surface area contributed by atoms with Crippen LogP contribution in [0.1, 0.15) is 25.7 Å². The highest BCUT2D eigenvalue weighted by atomic mass is 16.5. The predicted octanol–water partition coefficient (Wildman–Crippen LogP) is 1.45. The summed E-state index contributed by atoms with van der Waals surface area (Å²) in [5.41, 5.74) is 0. The average Bonchev–Trinajstić information content (AvgIpc) is 2.34. The molecule has 0 radical (unpaired) electrons. The van der Waals surface area contributed by atoms with Crippen molar-refractivity contribution in [2.75, 3.05) is 27.7 Å². The van der Waals surface area contributed by atoms with E-state index >= 15 is 0 Å². The normalized spacial score (nSPS) is 13.3. The van der Waals surface area contributed by atoms with Crippen LogP contribution in [0.4, 0.5) is 0 Å². The Morgan fingerprint density at radius 2 is 1.65 bits per heavy atom. The topological polar surface area (TPSA) is 101 Å². The lowest BCUT2D eigenvalue weighted by Gasteiger charge is -2.28. The molecule has 0 aromatic heterocycles. The van der Waals surface area contributed by atoms with Crippen LogP contribution in [0.15, 0.2) is 24.3 Å². The minimum Gasteiger partial charge on any atom is -0.481 e. The van der Waals surface area contributed by atoms with Crippen LogP contribution in [0.25, 0.3) is 0 Å². The van der Waals surface area contributed by atoms with Crippen LogP contribution in [-0.2, 0) is 19.1 Å². The number of carbonyl (C=O) groups is 3. The van der Waals surface area contributed by atoms with E-state index in [-0.39, 0.29) is 12.8 Å². The largest absolute Gasteiger partial charge is 0.481 e. The highest BCUT2D eigenvalue weighted by molar-refractivity contribution is 5.79. The Morgan fingerprint density at radius 1 is 1.04 bits per heavy atom. The number of hydrogen-bond donors (Lipinski definition) is 2. The Bertz CT molecular complexity index is 462. The summed E-state index contributed by atoms with van der Waals surface area (Å²) in [6, 6.07) is 0. The molecule has 0 bridgehead atoms. The summed E-state index contributed by atoms with van der Waals surface area (Å²) in [5, 5.41) is 17.3. The quantitative estimate of drug-likeness (QED) is 0.196. The average molecular weight is 328 g/mol. The second kappa shape index (κ2) is 10.6. The molecule has 0 amide bonds. The molecule has 1 unspecified atom stereocenters. The number of unbranched alkanes of at least 4 members (excludes halogenated alkanes) is 1. The molecule has 2 N–H and O–H groups in total. The van der Waals surface area contributed by atoms with E-state index in [0.29, 0.717) is 23.9 Å². The van der Waals surface area contributed by atoms with Crippen LogP contribution in [0, 0.1) is 0 Å². The first-order chi connectivity index (χ1) is 10.6. The van der Waals surface area contributed by atoms with E-state index in [1.165, 1.54) is 6.08 Å². The van der Waals surface area contributed by atoms with Crippen molar-refractivity contribution < 1.29 is 33.8 Å². The molecule has 1 atom stereocenters. The zero-order valence-electron chi connectivity index (χ0n) is 13.9. The molecule has 7 heteroatoms. The van der Waals surface area contributed by atoms with Crippen LogP contribution in [0.3, 0.4) is 0 Å². The number of hydrogen-bond acceptors (Lipinski definition) is 4. The van der Waals surface area contributed by atoms with Crippen molar-refractivity contribution >= 4 is 17.9 Å². The van der Waals surface area contributed by atoms with Crippen molar-refractivity contribution in [3.05, 3.63) is 24.3 Å². The van der Waals surface area contributed by atoms with E-state index in [1.807, 2.05) is 21.1 Å². The molecule has 0 aliphatic heterocycles. The summed E-state index contributed by atoms with van der Waals surface area (Å²) in [7, 11) is 5.69. The zero-order valence-corrected chi connectivity index (χ0v) is 13.9. The number of carbonyl (C=O) groups excluding carboxylic acids is 1. The van der Waals surface area contributed by atoms with Crippen LogP contribution >= 0.6 is 0 Å². The predicted molar refractivity (Wildman–Crippen MR) is 84.8 cm³/mol. The monoisotopic (exact) mass is 328 g/mol. The molecule has 0 aromatic carbocycles. The van der Waals surface area contributed by atoms with Crippen LogP contribution in [0.2, 0.25) is 0 Å². The Morgan fingerprint density at radius 3 is 2.17 bits per heavy atom. The van der Waals surface area contributed by atoms with Gasteiger partial charge in [-0.2, -0.15) is 0 Å². The second-order valence-electron chi connectivity index (χ2n) is 6.18. The standard InChI is InChI=1S/C16H25NO6/c1-17(2,3)12-13(11-15(20)21)23-16(22)10-8-6-4-5-7-9-14(18)19/h6-9,13H,4-5,10-12H2,1-3H3,(H-,18,19,20,21)/p+1/b8-6+,9-7+. The van der Waals surface area contributed by atoms with E-state index < -0.39 is 24.0 Å². The summed E-state index contributed by atoms with van der Waals surface area (Å²) in [6.45, 7) is 0.418. The molecule has 0 aromatic rings. The van der Waals surface area contributed by atoms with Gasteiger partial charge < -0.3 is 19.4 Å². The number of aliphatic carboxylic acids is 2. The molecule has 0 aliphatic carbocycles. The second-order valence-corrected chi connectivity index (χ2v) is 6.18. The maximum Gasteiger partial charge on any atom is 0.327 e. The number of allylic oxidation sites excluding steroid dienone is 2. The van der Waals surface area contributed by atoms with Crippen LogP contribution < -0.4 is 0 Å². The van der Waals surface area contributed by atoms with E-state index in [1.54, 1.807) is 12.2 Å². The Balaban J connectivity index is 4.21. The van der Waals surface area contributed by atoms with Crippen molar-refractivity contribution in [1.82, 2.24) is 0 Å². The number of likely N-dealkylation sites (N-methyl/N-ethyl adjacent to an activating group) is 1. The Hall–Kier alpha value is -2.15. The van der Waals surface area contributed by atoms with Gasteiger partial charge in [0.1, 0.15) is 6.54 Å². The molecular formula is C16H26NO6+. The Kier molecular flexibility index (Phi) is 9.57. The number of carboxylic acids is 2. The highest BCUT2D eigenvalue weighted by Crippen LogP contribution is 2.07. The number of carboxylic acid groups (broad SMARTS) is 2. The van der Waals surface area contributed by atoms with Gasteiger partial charge in [-0.25, -0.2) is 4.79 Å². The first-order valence-electron chi connectivity index (χ1n) is 7.36. The van der Waals surface area contributed by atoms with Crippen LogP contribution in [-0.4, -0.2) is 66.4 Å². The summed E-state index contributed by atoms with van der Waals surface area (Å²) in [5.74, 6) is -2.46. The molecule has 23 heavy (non-hydrogen) atoms. The van der Waals surface area contributed by atoms with Gasteiger partial charge in [-0.05, 0) is 12.8 Å². The Labute approximate surface area is 136 Å². The van der Waals surface area contributed by atoms with Gasteiger partial charge in [-0.15, -0.1) is 0 Å². The zero-order chi connectivity index (χ0) is 17.9. The lowest BCUT2D eigenvalue weighted by Crippen LogP contribution is -2.43. The molecule has 0 heterocycles. The number of esters is 1. The maximum atomic E-state index is 11.7. The minimum absolute atomic E-state index is 0.0654. The maximum absolute atomic E-state index is 11.7. The SMILES string of the molecule is C[N+](C)(C)CC(CC(=O)O)OC(=O)C/C=C/CC/C=C/C(=O)O. The van der Waals surface area contributed by atoms with Crippen molar-refractivity contribution in [2.45, 2.75) is 31.8 Å².